The van der Waals surface area contributed by atoms with Gasteiger partial charge in [-0.2, -0.15) is 0 Å². The SMILES string of the molecule is COc1ccc(CCN2C(=O)/C(=C/c3ccccc3C)SC2=S)cc1OC. The molecule has 0 radical (unpaired) electrons. The average Bonchev–Trinajstić information content (AvgIpc) is 2.94. The molecular weight excluding hydrogens is 378 g/mol. The number of hydrogen-bond donors (Lipinski definition) is 0. The number of rotatable bonds is 6. The molecule has 1 aliphatic rings. The second-order valence-corrected chi connectivity index (χ2v) is 7.81. The summed E-state index contributed by atoms with van der Waals surface area (Å²) in [5.41, 5.74) is 3.23. The molecule has 1 saturated heterocycles. The van der Waals surface area contributed by atoms with E-state index in [1.807, 2.05) is 55.5 Å². The number of methoxy groups -OCH3 is 2. The molecule has 3 rings (SSSR count). The Labute approximate surface area is 169 Å². The Morgan fingerprint density at radius 1 is 1.11 bits per heavy atom. The molecule has 0 N–H and O–H groups in total. The van der Waals surface area contributed by atoms with Gasteiger partial charge in [-0.15, -0.1) is 0 Å². The van der Waals surface area contributed by atoms with Gasteiger partial charge in [0.05, 0.1) is 19.1 Å². The number of ether oxygens (including phenoxy) is 2. The summed E-state index contributed by atoms with van der Waals surface area (Å²) < 4.78 is 11.2. The molecule has 140 valence electrons. The van der Waals surface area contributed by atoms with Crippen LogP contribution in [0.2, 0.25) is 0 Å². The van der Waals surface area contributed by atoms with Gasteiger partial charge in [0.2, 0.25) is 0 Å². The van der Waals surface area contributed by atoms with Crippen LogP contribution in [0.3, 0.4) is 0 Å². The van der Waals surface area contributed by atoms with Crippen molar-refractivity contribution in [3.05, 3.63) is 64.1 Å². The highest BCUT2D eigenvalue weighted by atomic mass is 32.2. The summed E-state index contributed by atoms with van der Waals surface area (Å²) in [5.74, 6) is 1.33. The van der Waals surface area contributed by atoms with Crippen LogP contribution >= 0.6 is 24.0 Å². The number of hydrogen-bond acceptors (Lipinski definition) is 5. The first-order chi connectivity index (χ1) is 13.0. The van der Waals surface area contributed by atoms with E-state index >= 15 is 0 Å². The van der Waals surface area contributed by atoms with Crippen molar-refractivity contribution in [2.45, 2.75) is 13.3 Å². The lowest BCUT2D eigenvalue weighted by molar-refractivity contribution is -0.122. The summed E-state index contributed by atoms with van der Waals surface area (Å²) in [7, 11) is 3.22. The summed E-state index contributed by atoms with van der Waals surface area (Å²) in [6.07, 6.45) is 2.61. The molecule has 1 aliphatic heterocycles. The van der Waals surface area contributed by atoms with Gasteiger partial charge in [-0.05, 0) is 48.2 Å². The van der Waals surface area contributed by atoms with Crippen LogP contribution in [-0.4, -0.2) is 35.9 Å². The van der Waals surface area contributed by atoms with E-state index in [1.165, 1.54) is 11.8 Å². The quantitative estimate of drug-likeness (QED) is 0.530. The zero-order valence-corrected chi connectivity index (χ0v) is 17.2. The predicted molar refractivity (Wildman–Crippen MR) is 114 cm³/mol. The summed E-state index contributed by atoms with van der Waals surface area (Å²) in [6, 6.07) is 13.8. The average molecular weight is 400 g/mol. The first kappa shape index (κ1) is 19.5. The lowest BCUT2D eigenvalue weighted by Crippen LogP contribution is -2.30. The highest BCUT2D eigenvalue weighted by Crippen LogP contribution is 2.33. The molecule has 0 bridgehead atoms. The second-order valence-electron chi connectivity index (χ2n) is 6.13. The number of carbonyl (C=O) groups is 1. The first-order valence-corrected chi connectivity index (χ1v) is 9.78. The number of carbonyl (C=O) groups excluding carboxylic acids is 1. The van der Waals surface area contributed by atoms with E-state index in [2.05, 4.69) is 0 Å². The normalized spacial score (nSPS) is 15.5. The number of aryl methyl sites for hydroxylation is 1. The Morgan fingerprint density at radius 2 is 1.85 bits per heavy atom. The van der Waals surface area contributed by atoms with Gasteiger partial charge < -0.3 is 9.47 Å². The Balaban J connectivity index is 1.72. The summed E-state index contributed by atoms with van der Waals surface area (Å²) >= 11 is 6.79. The van der Waals surface area contributed by atoms with Gasteiger partial charge in [0.1, 0.15) is 4.32 Å². The van der Waals surface area contributed by atoms with E-state index in [0.29, 0.717) is 33.7 Å². The van der Waals surface area contributed by atoms with Crippen molar-refractivity contribution in [2.75, 3.05) is 20.8 Å². The van der Waals surface area contributed by atoms with E-state index in [-0.39, 0.29) is 5.91 Å². The minimum Gasteiger partial charge on any atom is -0.493 e. The van der Waals surface area contributed by atoms with Gasteiger partial charge in [0, 0.05) is 6.54 Å². The Kier molecular flexibility index (Phi) is 6.19. The second kappa shape index (κ2) is 8.59. The molecule has 0 spiro atoms. The first-order valence-electron chi connectivity index (χ1n) is 8.55. The lowest BCUT2D eigenvalue weighted by Gasteiger charge is -2.15. The van der Waals surface area contributed by atoms with Crippen LogP contribution < -0.4 is 9.47 Å². The van der Waals surface area contributed by atoms with Gasteiger partial charge in [-0.1, -0.05) is 54.3 Å². The van der Waals surface area contributed by atoms with Crippen molar-refractivity contribution in [1.82, 2.24) is 4.90 Å². The molecule has 0 atom stereocenters. The molecule has 0 aromatic heterocycles. The fourth-order valence-corrected chi connectivity index (χ4v) is 4.16. The van der Waals surface area contributed by atoms with Gasteiger partial charge in [0.15, 0.2) is 11.5 Å². The predicted octanol–water partition coefficient (Wildman–Crippen LogP) is 4.46. The number of thiocarbonyl (C=S) groups is 1. The number of thioether (sulfide) groups is 1. The highest BCUT2D eigenvalue weighted by Gasteiger charge is 2.31. The molecule has 2 aromatic carbocycles. The van der Waals surface area contributed by atoms with E-state index in [4.69, 9.17) is 21.7 Å². The summed E-state index contributed by atoms with van der Waals surface area (Å²) in [6.45, 7) is 2.56. The van der Waals surface area contributed by atoms with Crippen LogP contribution in [0.5, 0.6) is 11.5 Å². The molecule has 27 heavy (non-hydrogen) atoms. The number of amides is 1. The maximum Gasteiger partial charge on any atom is 0.266 e. The number of benzene rings is 2. The van der Waals surface area contributed by atoms with Crippen molar-refractivity contribution < 1.29 is 14.3 Å². The third-order valence-corrected chi connectivity index (χ3v) is 5.80. The largest absolute Gasteiger partial charge is 0.493 e. The molecular formula is C21H21NO3S2. The fraction of sp³-hybridized carbons (Fsp3) is 0.238. The molecule has 0 aliphatic carbocycles. The Hall–Kier alpha value is -2.31. The highest BCUT2D eigenvalue weighted by molar-refractivity contribution is 8.26. The van der Waals surface area contributed by atoms with Crippen LogP contribution in [0.1, 0.15) is 16.7 Å². The monoisotopic (exact) mass is 399 g/mol. The minimum absolute atomic E-state index is 0.0336. The molecule has 0 saturated carbocycles. The summed E-state index contributed by atoms with van der Waals surface area (Å²) in [5, 5.41) is 0. The smallest absolute Gasteiger partial charge is 0.266 e. The topological polar surface area (TPSA) is 38.8 Å². The maximum absolute atomic E-state index is 12.8. The van der Waals surface area contributed by atoms with E-state index in [0.717, 1.165) is 16.7 Å². The van der Waals surface area contributed by atoms with Gasteiger partial charge in [-0.25, -0.2) is 0 Å². The van der Waals surface area contributed by atoms with Crippen molar-refractivity contribution in [3.8, 4) is 11.5 Å². The van der Waals surface area contributed by atoms with Crippen molar-refractivity contribution in [2.24, 2.45) is 0 Å². The van der Waals surface area contributed by atoms with Crippen molar-refractivity contribution >= 4 is 40.3 Å². The van der Waals surface area contributed by atoms with Crippen LogP contribution in [-0.2, 0) is 11.2 Å². The molecule has 4 nitrogen and oxygen atoms in total. The maximum atomic E-state index is 12.8. The third kappa shape index (κ3) is 4.34. The van der Waals surface area contributed by atoms with Gasteiger partial charge in [-0.3, -0.25) is 9.69 Å². The summed E-state index contributed by atoms with van der Waals surface area (Å²) in [4.78, 5) is 15.1. The van der Waals surface area contributed by atoms with Crippen LogP contribution in [0.15, 0.2) is 47.4 Å². The zero-order valence-electron chi connectivity index (χ0n) is 15.5. The van der Waals surface area contributed by atoms with Crippen molar-refractivity contribution in [1.29, 1.82) is 0 Å². The molecule has 1 heterocycles. The van der Waals surface area contributed by atoms with E-state index < -0.39 is 0 Å². The standard InChI is InChI=1S/C21H21NO3S2/c1-14-6-4-5-7-16(14)13-19-20(23)22(21(26)27-19)11-10-15-8-9-17(24-2)18(12-15)25-3/h4-9,12-13H,10-11H2,1-3H3/b19-13-. The Bertz CT molecular complexity index is 908. The molecule has 1 fully saturated rings. The minimum atomic E-state index is -0.0336. The third-order valence-electron chi connectivity index (χ3n) is 4.42. The van der Waals surface area contributed by atoms with Crippen LogP contribution in [0.25, 0.3) is 6.08 Å². The number of nitrogens with zero attached hydrogens (tertiary/aromatic N) is 1. The lowest BCUT2D eigenvalue weighted by atomic mass is 10.1. The zero-order chi connectivity index (χ0) is 19.4. The fourth-order valence-electron chi connectivity index (χ4n) is 2.86. The van der Waals surface area contributed by atoms with Gasteiger partial charge >= 0.3 is 0 Å². The molecule has 1 amide bonds. The Morgan fingerprint density at radius 3 is 2.56 bits per heavy atom. The van der Waals surface area contributed by atoms with Crippen molar-refractivity contribution in [3.63, 3.8) is 0 Å². The van der Waals surface area contributed by atoms with Crippen LogP contribution in [0.4, 0.5) is 0 Å². The molecule has 6 heteroatoms. The molecule has 2 aromatic rings. The van der Waals surface area contributed by atoms with E-state index in [1.54, 1.807) is 19.1 Å². The van der Waals surface area contributed by atoms with Crippen LogP contribution in [0, 0.1) is 6.92 Å². The van der Waals surface area contributed by atoms with Gasteiger partial charge in [0.25, 0.3) is 5.91 Å². The van der Waals surface area contributed by atoms with E-state index in [9.17, 15) is 4.79 Å². The molecule has 0 unspecified atom stereocenters.